The van der Waals surface area contributed by atoms with Crippen LogP contribution in [0.2, 0.25) is 0 Å². The van der Waals surface area contributed by atoms with Crippen molar-refractivity contribution >= 4 is 11.8 Å². The second-order valence-electron chi connectivity index (χ2n) is 9.16. The third-order valence-corrected chi connectivity index (χ3v) is 7.47. The Morgan fingerprint density at radius 2 is 1.70 bits per heavy atom. The average Bonchev–Trinajstić information content (AvgIpc) is 3.42. The summed E-state index contributed by atoms with van der Waals surface area (Å²) in [5.41, 5.74) is 0.320. The third kappa shape index (κ3) is 4.48. The van der Waals surface area contributed by atoms with Gasteiger partial charge in [0.15, 0.2) is 0 Å². The van der Waals surface area contributed by atoms with Crippen molar-refractivity contribution in [3.05, 3.63) is 0 Å². The lowest BCUT2D eigenvalue weighted by molar-refractivity contribution is -0.138. The second kappa shape index (κ2) is 8.48. The lowest BCUT2D eigenvalue weighted by Gasteiger charge is -2.37. The molecule has 2 aliphatic carbocycles. The van der Waals surface area contributed by atoms with Gasteiger partial charge in [-0.1, -0.05) is 19.3 Å². The first-order valence-corrected chi connectivity index (χ1v) is 11.2. The zero-order valence-electron chi connectivity index (χ0n) is 16.7. The quantitative estimate of drug-likeness (QED) is 0.757. The maximum Gasteiger partial charge on any atom is 0.225 e. The van der Waals surface area contributed by atoms with E-state index in [0.717, 1.165) is 84.5 Å². The van der Waals surface area contributed by atoms with Gasteiger partial charge < -0.3 is 15.5 Å². The lowest BCUT2D eigenvalue weighted by Crippen LogP contribution is -2.51. The van der Waals surface area contributed by atoms with Crippen LogP contribution in [-0.2, 0) is 9.59 Å². The molecule has 2 saturated heterocycles. The van der Waals surface area contributed by atoms with E-state index in [0.29, 0.717) is 11.3 Å². The van der Waals surface area contributed by atoms with Gasteiger partial charge in [-0.3, -0.25) is 14.5 Å². The summed E-state index contributed by atoms with van der Waals surface area (Å²) in [6, 6.07) is 0. The summed E-state index contributed by atoms with van der Waals surface area (Å²) in [6.07, 6.45) is 9.30. The van der Waals surface area contributed by atoms with Crippen LogP contribution in [0.15, 0.2) is 0 Å². The van der Waals surface area contributed by atoms with Crippen molar-refractivity contribution in [2.24, 2.45) is 17.3 Å². The standard InChI is InChI=1S/C21H36N4O2/c26-19(18-16-21(18)6-8-22-9-7-21)23-10-11-24-12-14-25(15-13-24)20(27)17-4-2-1-3-5-17/h17-18,22H,1-16H2,(H,23,26). The molecule has 4 rings (SSSR count). The van der Waals surface area contributed by atoms with Crippen LogP contribution < -0.4 is 10.6 Å². The van der Waals surface area contributed by atoms with Crippen LogP contribution in [0, 0.1) is 17.3 Å². The fourth-order valence-corrected chi connectivity index (χ4v) is 5.46. The Bertz CT molecular complexity index is 532. The minimum absolute atomic E-state index is 0.254. The summed E-state index contributed by atoms with van der Waals surface area (Å²) in [5, 5.41) is 6.56. The van der Waals surface area contributed by atoms with E-state index in [1.807, 2.05) is 0 Å². The lowest BCUT2D eigenvalue weighted by atomic mass is 9.88. The summed E-state index contributed by atoms with van der Waals surface area (Å²) in [5.74, 6) is 1.20. The molecule has 4 aliphatic rings. The van der Waals surface area contributed by atoms with Crippen LogP contribution in [0.5, 0.6) is 0 Å². The van der Waals surface area contributed by atoms with Gasteiger partial charge in [-0.25, -0.2) is 0 Å². The van der Waals surface area contributed by atoms with Crippen molar-refractivity contribution in [1.82, 2.24) is 20.4 Å². The fourth-order valence-electron chi connectivity index (χ4n) is 5.46. The molecular weight excluding hydrogens is 340 g/mol. The Balaban J connectivity index is 1.12. The molecule has 2 aliphatic heterocycles. The number of piperidine rings is 1. The molecule has 2 heterocycles. The molecule has 0 bridgehead atoms. The molecule has 6 nitrogen and oxygen atoms in total. The highest BCUT2D eigenvalue weighted by Crippen LogP contribution is 2.58. The van der Waals surface area contributed by atoms with Crippen LogP contribution in [0.3, 0.4) is 0 Å². The smallest absolute Gasteiger partial charge is 0.225 e. The number of rotatable bonds is 5. The number of hydrogen-bond acceptors (Lipinski definition) is 4. The van der Waals surface area contributed by atoms with Gasteiger partial charge in [-0.15, -0.1) is 0 Å². The first-order valence-electron chi connectivity index (χ1n) is 11.2. The van der Waals surface area contributed by atoms with Gasteiger partial charge in [-0.05, 0) is 50.6 Å². The Morgan fingerprint density at radius 1 is 1.00 bits per heavy atom. The van der Waals surface area contributed by atoms with Gasteiger partial charge in [0.1, 0.15) is 0 Å². The summed E-state index contributed by atoms with van der Waals surface area (Å²) in [6.45, 7) is 7.34. The van der Waals surface area contributed by atoms with Crippen molar-refractivity contribution in [2.75, 3.05) is 52.4 Å². The maximum atomic E-state index is 12.6. The minimum atomic E-state index is 0.254. The monoisotopic (exact) mass is 376 g/mol. The van der Waals surface area contributed by atoms with Gasteiger partial charge in [0.05, 0.1) is 0 Å². The van der Waals surface area contributed by atoms with Crippen LogP contribution >= 0.6 is 0 Å². The zero-order chi connectivity index (χ0) is 18.7. The van der Waals surface area contributed by atoms with Crippen molar-refractivity contribution in [1.29, 1.82) is 0 Å². The van der Waals surface area contributed by atoms with Crippen LogP contribution in [0.25, 0.3) is 0 Å². The van der Waals surface area contributed by atoms with E-state index in [4.69, 9.17) is 0 Å². The van der Waals surface area contributed by atoms with E-state index in [-0.39, 0.29) is 17.7 Å². The first-order chi connectivity index (χ1) is 13.2. The number of nitrogens with zero attached hydrogens (tertiary/aromatic N) is 2. The summed E-state index contributed by atoms with van der Waals surface area (Å²) < 4.78 is 0. The van der Waals surface area contributed by atoms with E-state index in [1.165, 1.54) is 19.3 Å². The molecule has 2 N–H and O–H groups in total. The van der Waals surface area contributed by atoms with Gasteiger partial charge in [0.2, 0.25) is 11.8 Å². The summed E-state index contributed by atoms with van der Waals surface area (Å²) in [7, 11) is 0. The highest BCUT2D eigenvalue weighted by Gasteiger charge is 2.57. The van der Waals surface area contributed by atoms with Crippen molar-refractivity contribution in [3.63, 3.8) is 0 Å². The maximum absolute atomic E-state index is 12.6. The predicted molar refractivity (Wildman–Crippen MR) is 105 cm³/mol. The Morgan fingerprint density at radius 3 is 2.41 bits per heavy atom. The Labute approximate surface area is 163 Å². The summed E-state index contributed by atoms with van der Waals surface area (Å²) in [4.78, 5) is 29.5. The summed E-state index contributed by atoms with van der Waals surface area (Å²) >= 11 is 0. The highest BCUT2D eigenvalue weighted by molar-refractivity contribution is 5.82. The number of piperazine rings is 1. The molecule has 1 spiro atoms. The van der Waals surface area contributed by atoms with E-state index in [9.17, 15) is 9.59 Å². The van der Waals surface area contributed by atoms with E-state index < -0.39 is 0 Å². The molecule has 0 aromatic rings. The first kappa shape index (κ1) is 19.2. The topological polar surface area (TPSA) is 64.7 Å². The molecule has 2 saturated carbocycles. The number of carbonyl (C=O) groups is 2. The molecule has 1 unspecified atom stereocenters. The SMILES string of the molecule is O=C(NCCN1CCN(C(=O)C2CCCCC2)CC1)C1CC12CCNCC2. The molecular formula is C21H36N4O2. The molecule has 2 amide bonds. The number of amides is 2. The number of hydrogen-bond donors (Lipinski definition) is 2. The van der Waals surface area contributed by atoms with Crippen molar-refractivity contribution < 1.29 is 9.59 Å². The average molecular weight is 377 g/mol. The number of carbonyl (C=O) groups excluding carboxylic acids is 2. The molecule has 6 heteroatoms. The van der Waals surface area contributed by atoms with Crippen LogP contribution in [0.4, 0.5) is 0 Å². The van der Waals surface area contributed by atoms with Crippen LogP contribution in [-0.4, -0.2) is 74.0 Å². The Hall–Kier alpha value is -1.14. The predicted octanol–water partition coefficient (Wildman–Crippen LogP) is 1.22. The molecule has 1 atom stereocenters. The van der Waals surface area contributed by atoms with Gasteiger partial charge in [0.25, 0.3) is 0 Å². The van der Waals surface area contributed by atoms with E-state index >= 15 is 0 Å². The number of nitrogens with one attached hydrogen (secondary N) is 2. The molecule has 4 fully saturated rings. The minimum Gasteiger partial charge on any atom is -0.355 e. The second-order valence-corrected chi connectivity index (χ2v) is 9.16. The van der Waals surface area contributed by atoms with Gasteiger partial charge in [-0.2, -0.15) is 0 Å². The Kier molecular flexibility index (Phi) is 6.02. The van der Waals surface area contributed by atoms with Crippen molar-refractivity contribution in [2.45, 2.75) is 51.4 Å². The normalized spacial score (nSPS) is 28.9. The van der Waals surface area contributed by atoms with E-state index in [1.54, 1.807) is 0 Å². The van der Waals surface area contributed by atoms with E-state index in [2.05, 4.69) is 20.4 Å². The molecule has 152 valence electrons. The van der Waals surface area contributed by atoms with Gasteiger partial charge in [0, 0.05) is 51.1 Å². The fraction of sp³-hybridized carbons (Fsp3) is 0.905. The largest absolute Gasteiger partial charge is 0.355 e. The van der Waals surface area contributed by atoms with Crippen molar-refractivity contribution in [3.8, 4) is 0 Å². The van der Waals surface area contributed by atoms with Crippen LogP contribution in [0.1, 0.15) is 51.4 Å². The molecule has 0 radical (unpaired) electrons. The van der Waals surface area contributed by atoms with Gasteiger partial charge >= 0.3 is 0 Å². The molecule has 27 heavy (non-hydrogen) atoms. The zero-order valence-corrected chi connectivity index (χ0v) is 16.7. The third-order valence-electron chi connectivity index (χ3n) is 7.47. The highest BCUT2D eigenvalue weighted by atomic mass is 16.2. The molecule has 0 aromatic carbocycles. The molecule has 0 aromatic heterocycles.